The number of benzene rings is 2. The topological polar surface area (TPSA) is 128 Å². The first-order valence-corrected chi connectivity index (χ1v) is 12.9. The molecule has 0 saturated carbocycles. The summed E-state index contributed by atoms with van der Waals surface area (Å²) in [5.41, 5.74) is -1.50. The fraction of sp³-hybridized carbons (Fsp3) is 0.250. The summed E-state index contributed by atoms with van der Waals surface area (Å²) in [5, 5.41) is 10.2. The number of carbonyl (C=O) groups is 1. The zero-order chi connectivity index (χ0) is 29.4. The molecule has 0 radical (unpaired) electrons. The number of nitrogens with zero attached hydrogens (tertiary/aromatic N) is 5. The van der Waals surface area contributed by atoms with Gasteiger partial charge in [-0.05, 0) is 18.1 Å². The molecular formula is C28H23F3N6O5. The number of halogens is 3. The minimum atomic E-state index is -4.80. The van der Waals surface area contributed by atoms with Crippen LogP contribution in [0, 0.1) is 6.92 Å². The number of aromatic nitrogens is 5. The number of nitrogens with one attached hydrogen (secondary N) is 1. The van der Waals surface area contributed by atoms with Crippen molar-refractivity contribution in [1.82, 2.24) is 29.7 Å². The molecule has 1 N–H and O–H groups in total. The van der Waals surface area contributed by atoms with Crippen molar-refractivity contribution in [3.8, 4) is 22.6 Å². The van der Waals surface area contributed by atoms with E-state index in [2.05, 4.69) is 20.3 Å². The second-order valence-electron chi connectivity index (χ2n) is 9.53. The Kier molecular flexibility index (Phi) is 6.98. The molecule has 4 heterocycles. The molecule has 5 aromatic rings. The minimum absolute atomic E-state index is 0.0299. The first-order chi connectivity index (χ1) is 20.2. The Balaban J connectivity index is 1.35. The number of rotatable bonds is 5. The van der Waals surface area contributed by atoms with Crippen molar-refractivity contribution >= 4 is 11.7 Å². The van der Waals surface area contributed by atoms with Crippen molar-refractivity contribution in [3.63, 3.8) is 0 Å². The van der Waals surface area contributed by atoms with Crippen molar-refractivity contribution in [2.24, 2.45) is 0 Å². The molecule has 216 valence electrons. The smallest absolute Gasteiger partial charge is 0.433 e. The number of fused-ring (bicyclic) bond motifs is 1. The number of morpholine rings is 1. The summed E-state index contributed by atoms with van der Waals surface area (Å²) < 4.78 is 59.6. The highest BCUT2D eigenvalue weighted by molar-refractivity contribution is 5.81. The highest BCUT2D eigenvalue weighted by Gasteiger charge is 2.39. The van der Waals surface area contributed by atoms with Crippen LogP contribution in [-0.4, -0.2) is 55.5 Å². The SMILES string of the molecule is Cc1nc2c(-c3ccccc3)c(C(F)(F)F)[nH]n2c(=O)c1-c1nnc(C2COCCN2C(=O)OCc2ccccc2)o1. The molecule has 2 aromatic carbocycles. The highest BCUT2D eigenvalue weighted by atomic mass is 19.4. The van der Waals surface area contributed by atoms with Gasteiger partial charge in [0.15, 0.2) is 5.65 Å². The Bertz CT molecular complexity index is 1800. The van der Waals surface area contributed by atoms with Crippen molar-refractivity contribution in [2.45, 2.75) is 25.7 Å². The summed E-state index contributed by atoms with van der Waals surface area (Å²) >= 11 is 0. The highest BCUT2D eigenvalue weighted by Crippen LogP contribution is 2.38. The number of carbonyl (C=O) groups excluding carboxylic acids is 1. The summed E-state index contributed by atoms with van der Waals surface area (Å²) in [5.74, 6) is -0.292. The molecule has 1 saturated heterocycles. The zero-order valence-electron chi connectivity index (χ0n) is 22.1. The molecule has 0 bridgehead atoms. The van der Waals surface area contributed by atoms with E-state index < -0.39 is 29.6 Å². The van der Waals surface area contributed by atoms with Gasteiger partial charge in [-0.3, -0.25) is 14.8 Å². The fourth-order valence-electron chi connectivity index (χ4n) is 4.81. The second-order valence-corrected chi connectivity index (χ2v) is 9.53. The Morgan fingerprint density at radius 3 is 2.50 bits per heavy atom. The molecule has 0 spiro atoms. The van der Waals surface area contributed by atoms with Crippen LogP contribution in [0.2, 0.25) is 0 Å². The number of H-pyrrole nitrogens is 1. The van der Waals surface area contributed by atoms with Crippen LogP contribution in [0.1, 0.15) is 28.9 Å². The van der Waals surface area contributed by atoms with Gasteiger partial charge in [-0.25, -0.2) is 9.78 Å². The number of amides is 1. The number of hydrogen-bond acceptors (Lipinski definition) is 8. The van der Waals surface area contributed by atoms with Crippen molar-refractivity contribution in [1.29, 1.82) is 0 Å². The number of alkyl halides is 3. The van der Waals surface area contributed by atoms with Crippen LogP contribution in [0.15, 0.2) is 69.9 Å². The van der Waals surface area contributed by atoms with Crippen LogP contribution in [0.5, 0.6) is 0 Å². The van der Waals surface area contributed by atoms with Crippen LogP contribution < -0.4 is 5.56 Å². The van der Waals surface area contributed by atoms with E-state index in [1.165, 1.54) is 24.0 Å². The molecule has 0 aliphatic carbocycles. The van der Waals surface area contributed by atoms with Crippen LogP contribution in [-0.2, 0) is 22.3 Å². The maximum atomic E-state index is 14.0. The van der Waals surface area contributed by atoms with Crippen molar-refractivity contribution < 1.29 is 31.9 Å². The third kappa shape index (κ3) is 5.00. The second kappa shape index (κ2) is 10.8. The van der Waals surface area contributed by atoms with Gasteiger partial charge < -0.3 is 13.9 Å². The predicted octanol–water partition coefficient (Wildman–Crippen LogP) is 4.78. The zero-order valence-corrected chi connectivity index (χ0v) is 22.1. The first-order valence-electron chi connectivity index (χ1n) is 12.9. The quantitative estimate of drug-likeness (QED) is 0.315. The molecule has 11 nitrogen and oxygen atoms in total. The minimum Gasteiger partial charge on any atom is -0.445 e. The van der Waals surface area contributed by atoms with Crippen LogP contribution in [0.4, 0.5) is 18.0 Å². The van der Waals surface area contributed by atoms with E-state index in [1.807, 2.05) is 30.3 Å². The lowest BCUT2D eigenvalue weighted by Crippen LogP contribution is -2.43. The normalized spacial score (nSPS) is 15.7. The molecule has 6 rings (SSSR count). The third-order valence-electron chi connectivity index (χ3n) is 6.81. The number of ether oxygens (including phenoxy) is 2. The Morgan fingerprint density at radius 2 is 1.79 bits per heavy atom. The summed E-state index contributed by atoms with van der Waals surface area (Å²) in [7, 11) is 0. The largest absolute Gasteiger partial charge is 0.445 e. The molecule has 1 unspecified atom stereocenters. The number of aromatic amines is 1. The molecule has 1 amide bonds. The lowest BCUT2D eigenvalue weighted by molar-refractivity contribution is -0.140. The predicted molar refractivity (Wildman–Crippen MR) is 141 cm³/mol. The van der Waals surface area contributed by atoms with Gasteiger partial charge in [-0.1, -0.05) is 60.7 Å². The summed E-state index contributed by atoms with van der Waals surface area (Å²) in [4.78, 5) is 32.2. The van der Waals surface area contributed by atoms with E-state index in [1.54, 1.807) is 18.2 Å². The van der Waals surface area contributed by atoms with E-state index in [0.29, 0.717) is 4.52 Å². The monoisotopic (exact) mass is 580 g/mol. The van der Waals surface area contributed by atoms with Gasteiger partial charge in [0.1, 0.15) is 23.9 Å². The molecule has 42 heavy (non-hydrogen) atoms. The van der Waals surface area contributed by atoms with Gasteiger partial charge in [0.05, 0.1) is 24.5 Å². The lowest BCUT2D eigenvalue weighted by Gasteiger charge is -2.32. The van der Waals surface area contributed by atoms with E-state index in [9.17, 15) is 22.8 Å². The summed E-state index contributed by atoms with van der Waals surface area (Å²) in [6.45, 7) is 2.00. The molecular weight excluding hydrogens is 557 g/mol. The average molecular weight is 581 g/mol. The van der Waals surface area contributed by atoms with Gasteiger partial charge in [0, 0.05) is 6.54 Å². The van der Waals surface area contributed by atoms with E-state index in [4.69, 9.17) is 13.9 Å². The first kappa shape index (κ1) is 27.2. The van der Waals surface area contributed by atoms with Crippen molar-refractivity contribution in [2.75, 3.05) is 19.8 Å². The van der Waals surface area contributed by atoms with Gasteiger partial charge in [-0.2, -0.15) is 17.7 Å². The number of hydrogen-bond donors (Lipinski definition) is 1. The fourth-order valence-corrected chi connectivity index (χ4v) is 4.81. The van der Waals surface area contributed by atoms with E-state index >= 15 is 0 Å². The lowest BCUT2D eigenvalue weighted by atomic mass is 10.1. The van der Waals surface area contributed by atoms with Crippen LogP contribution >= 0.6 is 0 Å². The molecule has 3 aromatic heterocycles. The van der Waals surface area contributed by atoms with Gasteiger partial charge >= 0.3 is 12.3 Å². The maximum Gasteiger partial charge on any atom is 0.433 e. The molecule has 1 fully saturated rings. The molecule has 1 aliphatic heterocycles. The van der Waals surface area contributed by atoms with E-state index in [0.717, 1.165) is 5.56 Å². The van der Waals surface area contributed by atoms with Crippen LogP contribution in [0.25, 0.3) is 28.2 Å². The van der Waals surface area contributed by atoms with Gasteiger partial charge in [0.2, 0.25) is 5.89 Å². The van der Waals surface area contributed by atoms with Gasteiger partial charge in [-0.15, -0.1) is 10.2 Å². The summed E-state index contributed by atoms with van der Waals surface area (Å²) in [6, 6.07) is 16.2. The third-order valence-corrected chi connectivity index (χ3v) is 6.81. The van der Waals surface area contributed by atoms with Crippen LogP contribution in [0.3, 0.4) is 0 Å². The average Bonchev–Trinajstić information content (AvgIpc) is 3.63. The Hall–Kier alpha value is -4.98. The Labute approximate surface area is 235 Å². The summed E-state index contributed by atoms with van der Waals surface area (Å²) in [6.07, 6.45) is -5.41. The maximum absolute atomic E-state index is 14.0. The van der Waals surface area contributed by atoms with Gasteiger partial charge in [0.25, 0.3) is 11.4 Å². The standard InChI is InChI=1S/C28H23F3N6O5/c1-16-20(26(38)37-23(32-16)21(18-10-6-3-7-11-18)22(35-37)28(29,30)31)25-34-33-24(42-25)19-15-40-13-12-36(19)27(39)41-14-17-8-4-2-5-9-17/h2-11,19,35H,12-15H2,1H3. The van der Waals surface area contributed by atoms with E-state index in [-0.39, 0.29) is 66.2 Å². The van der Waals surface area contributed by atoms with Crippen molar-refractivity contribution in [3.05, 3.63) is 93.9 Å². The molecule has 14 heteroatoms. The number of aryl methyl sites for hydroxylation is 1. The Morgan fingerprint density at radius 1 is 1.07 bits per heavy atom. The molecule has 1 atom stereocenters. The molecule has 1 aliphatic rings.